The Morgan fingerprint density at radius 2 is 1.54 bits per heavy atom. The van der Waals surface area contributed by atoms with E-state index in [0.29, 0.717) is 13.1 Å². The number of quaternary nitrogens is 1. The number of ether oxygens (including phenoxy) is 1. The smallest absolute Gasteiger partial charge is 0.126 e. The zero-order chi connectivity index (χ0) is 19.8. The van der Waals surface area contributed by atoms with Crippen LogP contribution in [0, 0.1) is 12.7 Å². The SMILES string of the molecule is Cc1ccc([C@H](OC[C@H](O)C[NH2+]Cc2ccc(F)cc2)c2ccccc2)cc1. The summed E-state index contributed by atoms with van der Waals surface area (Å²) in [4.78, 5) is 0. The van der Waals surface area contributed by atoms with E-state index < -0.39 is 6.10 Å². The number of halogens is 1. The fourth-order valence-electron chi connectivity index (χ4n) is 3.09. The molecule has 28 heavy (non-hydrogen) atoms. The lowest BCUT2D eigenvalue weighted by molar-refractivity contribution is -0.676. The van der Waals surface area contributed by atoms with E-state index in [1.54, 1.807) is 12.1 Å². The van der Waals surface area contributed by atoms with E-state index in [9.17, 15) is 9.50 Å². The van der Waals surface area contributed by atoms with Gasteiger partial charge in [0.1, 0.15) is 31.1 Å². The number of aliphatic hydroxyl groups excluding tert-OH is 1. The highest BCUT2D eigenvalue weighted by Crippen LogP contribution is 2.26. The molecule has 146 valence electrons. The lowest BCUT2D eigenvalue weighted by atomic mass is 10.0. The fraction of sp³-hybridized carbons (Fsp3) is 0.250. The normalized spacial score (nSPS) is 13.2. The molecule has 0 aromatic heterocycles. The Hall–Kier alpha value is -2.53. The van der Waals surface area contributed by atoms with Gasteiger partial charge in [0.05, 0.1) is 6.61 Å². The Kier molecular flexibility index (Phi) is 7.31. The first-order chi connectivity index (χ1) is 13.6. The molecule has 0 aliphatic carbocycles. The predicted molar refractivity (Wildman–Crippen MR) is 108 cm³/mol. The van der Waals surface area contributed by atoms with E-state index >= 15 is 0 Å². The minimum atomic E-state index is -0.586. The van der Waals surface area contributed by atoms with Gasteiger partial charge in [0, 0.05) is 5.56 Å². The highest BCUT2D eigenvalue weighted by atomic mass is 19.1. The number of rotatable bonds is 9. The van der Waals surface area contributed by atoms with Gasteiger partial charge < -0.3 is 15.2 Å². The Morgan fingerprint density at radius 1 is 0.893 bits per heavy atom. The minimum absolute atomic E-state index is 0.214. The Bertz CT molecular complexity index is 835. The van der Waals surface area contributed by atoms with Crippen molar-refractivity contribution < 1.29 is 19.6 Å². The van der Waals surface area contributed by atoms with Crippen molar-refractivity contribution in [2.75, 3.05) is 13.2 Å². The largest absolute Gasteiger partial charge is 0.385 e. The maximum Gasteiger partial charge on any atom is 0.126 e. The van der Waals surface area contributed by atoms with Crippen molar-refractivity contribution in [3.8, 4) is 0 Å². The van der Waals surface area contributed by atoms with Crippen LogP contribution < -0.4 is 5.32 Å². The van der Waals surface area contributed by atoms with Gasteiger partial charge in [0.15, 0.2) is 0 Å². The Labute approximate surface area is 165 Å². The average molecular weight is 380 g/mol. The second-order valence-corrected chi connectivity index (χ2v) is 7.04. The van der Waals surface area contributed by atoms with Gasteiger partial charge in [-0.15, -0.1) is 0 Å². The van der Waals surface area contributed by atoms with E-state index in [4.69, 9.17) is 4.74 Å². The lowest BCUT2D eigenvalue weighted by Crippen LogP contribution is -2.85. The molecule has 3 aromatic rings. The van der Waals surface area contributed by atoms with Crippen LogP contribution in [-0.4, -0.2) is 24.4 Å². The number of benzene rings is 3. The van der Waals surface area contributed by atoms with Gasteiger partial charge in [-0.2, -0.15) is 0 Å². The summed E-state index contributed by atoms with van der Waals surface area (Å²) < 4.78 is 19.1. The molecule has 3 nitrogen and oxygen atoms in total. The standard InChI is InChI=1S/C24H26FNO2/c1-18-7-11-21(12-8-18)24(20-5-3-2-4-6-20)28-17-23(27)16-26-15-19-9-13-22(25)14-10-19/h2-14,23-24,26-27H,15-17H2,1H3/p+1/t23-,24-/m1/s1. The van der Waals surface area contributed by atoms with Crippen LogP contribution in [0.4, 0.5) is 4.39 Å². The number of aryl methyl sites for hydroxylation is 1. The van der Waals surface area contributed by atoms with Crippen molar-refractivity contribution >= 4 is 0 Å². The van der Waals surface area contributed by atoms with E-state index in [2.05, 4.69) is 31.2 Å². The number of nitrogens with two attached hydrogens (primary N) is 1. The molecule has 3 N–H and O–H groups in total. The summed E-state index contributed by atoms with van der Waals surface area (Å²) >= 11 is 0. The van der Waals surface area contributed by atoms with E-state index in [1.165, 1.54) is 17.7 Å². The molecule has 3 rings (SSSR count). The molecule has 0 heterocycles. The number of aliphatic hydroxyl groups is 1. The predicted octanol–water partition coefficient (Wildman–Crippen LogP) is 3.36. The van der Waals surface area contributed by atoms with Crippen LogP contribution in [0.2, 0.25) is 0 Å². The van der Waals surface area contributed by atoms with Crippen molar-refractivity contribution in [2.24, 2.45) is 0 Å². The minimum Gasteiger partial charge on any atom is -0.385 e. The third kappa shape index (κ3) is 5.99. The van der Waals surface area contributed by atoms with Gasteiger partial charge in [-0.1, -0.05) is 72.3 Å². The highest BCUT2D eigenvalue weighted by molar-refractivity contribution is 5.31. The zero-order valence-electron chi connectivity index (χ0n) is 16.1. The number of hydrogen-bond donors (Lipinski definition) is 2. The highest BCUT2D eigenvalue weighted by Gasteiger charge is 2.17. The van der Waals surface area contributed by atoms with Gasteiger partial charge in [-0.05, 0) is 30.2 Å². The first-order valence-corrected chi connectivity index (χ1v) is 9.59. The summed E-state index contributed by atoms with van der Waals surface area (Å²) in [5.74, 6) is -0.236. The third-order valence-electron chi connectivity index (χ3n) is 4.67. The van der Waals surface area contributed by atoms with Crippen LogP contribution in [0.5, 0.6) is 0 Å². The van der Waals surface area contributed by atoms with E-state index in [-0.39, 0.29) is 18.5 Å². The second kappa shape index (κ2) is 10.1. The lowest BCUT2D eigenvalue weighted by Gasteiger charge is -2.21. The maximum atomic E-state index is 12.9. The van der Waals surface area contributed by atoms with Crippen LogP contribution in [0.25, 0.3) is 0 Å². The van der Waals surface area contributed by atoms with Crippen molar-refractivity contribution in [1.29, 1.82) is 0 Å². The van der Waals surface area contributed by atoms with Crippen molar-refractivity contribution in [3.05, 3.63) is 107 Å². The van der Waals surface area contributed by atoms with E-state index in [0.717, 1.165) is 16.7 Å². The van der Waals surface area contributed by atoms with Crippen LogP contribution in [0.3, 0.4) is 0 Å². The monoisotopic (exact) mass is 380 g/mol. The van der Waals surface area contributed by atoms with Crippen molar-refractivity contribution in [2.45, 2.75) is 25.7 Å². The molecule has 0 aliphatic heterocycles. The molecule has 0 unspecified atom stereocenters. The van der Waals surface area contributed by atoms with E-state index in [1.807, 2.05) is 35.6 Å². The van der Waals surface area contributed by atoms with Gasteiger partial charge in [-0.25, -0.2) is 4.39 Å². The quantitative estimate of drug-likeness (QED) is 0.598. The fourth-order valence-corrected chi connectivity index (χ4v) is 3.09. The van der Waals surface area contributed by atoms with Gasteiger partial charge in [-0.3, -0.25) is 0 Å². The molecular formula is C24H27FNO2+. The first-order valence-electron chi connectivity index (χ1n) is 9.59. The number of hydrogen-bond acceptors (Lipinski definition) is 2. The van der Waals surface area contributed by atoms with Crippen molar-refractivity contribution in [3.63, 3.8) is 0 Å². The summed E-state index contributed by atoms with van der Waals surface area (Å²) in [7, 11) is 0. The topological polar surface area (TPSA) is 46.1 Å². The zero-order valence-corrected chi connectivity index (χ0v) is 16.1. The maximum absolute atomic E-state index is 12.9. The molecule has 2 atom stereocenters. The second-order valence-electron chi connectivity index (χ2n) is 7.04. The molecule has 0 fully saturated rings. The summed E-state index contributed by atoms with van der Waals surface area (Å²) in [6, 6.07) is 24.8. The molecule has 0 bridgehead atoms. The first kappa shape index (κ1) is 20.2. The van der Waals surface area contributed by atoms with Crippen molar-refractivity contribution in [1.82, 2.24) is 0 Å². The summed E-state index contributed by atoms with van der Waals surface area (Å²) in [5, 5.41) is 12.3. The Balaban J connectivity index is 1.55. The molecule has 0 spiro atoms. The van der Waals surface area contributed by atoms with Gasteiger partial charge in [0.2, 0.25) is 0 Å². The van der Waals surface area contributed by atoms with Crippen LogP contribution in [-0.2, 0) is 11.3 Å². The van der Waals surface area contributed by atoms with Crippen LogP contribution in [0.15, 0.2) is 78.9 Å². The summed E-state index contributed by atoms with van der Waals surface area (Å²) in [6.07, 6.45) is -0.800. The molecule has 4 heteroatoms. The molecule has 0 saturated carbocycles. The van der Waals surface area contributed by atoms with Gasteiger partial charge in [0.25, 0.3) is 0 Å². The summed E-state index contributed by atoms with van der Waals surface area (Å²) in [6.45, 7) is 3.51. The van der Waals surface area contributed by atoms with Crippen LogP contribution in [0.1, 0.15) is 28.4 Å². The van der Waals surface area contributed by atoms with Crippen LogP contribution >= 0.6 is 0 Å². The van der Waals surface area contributed by atoms with Gasteiger partial charge >= 0.3 is 0 Å². The molecular weight excluding hydrogens is 353 g/mol. The third-order valence-corrected chi connectivity index (χ3v) is 4.67. The molecule has 0 saturated heterocycles. The molecule has 0 amide bonds. The molecule has 0 radical (unpaired) electrons. The summed E-state index contributed by atoms with van der Waals surface area (Å²) in [5.41, 5.74) is 4.36. The Morgan fingerprint density at radius 3 is 2.21 bits per heavy atom. The molecule has 0 aliphatic rings. The molecule has 3 aromatic carbocycles. The average Bonchev–Trinajstić information content (AvgIpc) is 2.72.